The molecule has 1 fully saturated rings. The first-order chi connectivity index (χ1) is 8.22. The van der Waals surface area contributed by atoms with Gasteiger partial charge in [-0.1, -0.05) is 6.07 Å². The molecule has 0 spiro atoms. The molecule has 94 valence electrons. The molecule has 0 radical (unpaired) electrons. The second kappa shape index (κ2) is 5.36. The molecule has 4 nitrogen and oxygen atoms in total. The Morgan fingerprint density at radius 1 is 1.53 bits per heavy atom. The third kappa shape index (κ3) is 2.69. The summed E-state index contributed by atoms with van der Waals surface area (Å²) in [5.74, 6) is 1.94. The number of nitrogens with one attached hydrogen (secondary N) is 1. The molecule has 0 amide bonds. The Hall–Kier alpha value is -1.29. The van der Waals surface area contributed by atoms with Crippen LogP contribution in [0.2, 0.25) is 0 Å². The van der Waals surface area contributed by atoms with Gasteiger partial charge in [0.2, 0.25) is 0 Å². The van der Waals surface area contributed by atoms with Crippen molar-refractivity contribution >= 4 is 11.6 Å². The van der Waals surface area contributed by atoms with Crippen molar-refractivity contribution in [1.29, 1.82) is 0 Å². The van der Waals surface area contributed by atoms with Gasteiger partial charge in [-0.25, -0.2) is 4.98 Å². The van der Waals surface area contributed by atoms with E-state index < -0.39 is 0 Å². The van der Waals surface area contributed by atoms with Gasteiger partial charge in [-0.2, -0.15) is 0 Å². The topological polar surface area (TPSA) is 37.4 Å². The molecule has 2 unspecified atom stereocenters. The van der Waals surface area contributed by atoms with E-state index in [4.69, 9.17) is 4.74 Å². The molecule has 0 saturated carbocycles. The number of pyridine rings is 1. The predicted octanol–water partition coefficient (Wildman–Crippen LogP) is 2.13. The van der Waals surface area contributed by atoms with Crippen LogP contribution in [0.25, 0.3) is 0 Å². The van der Waals surface area contributed by atoms with Gasteiger partial charge in [-0.15, -0.1) is 0 Å². The van der Waals surface area contributed by atoms with Crippen molar-refractivity contribution < 1.29 is 4.74 Å². The van der Waals surface area contributed by atoms with Crippen LogP contribution in [0.15, 0.2) is 18.2 Å². The van der Waals surface area contributed by atoms with Crippen LogP contribution in [0.4, 0.5) is 11.6 Å². The number of anilines is 2. The molecule has 17 heavy (non-hydrogen) atoms. The molecule has 4 heteroatoms. The van der Waals surface area contributed by atoms with Gasteiger partial charge in [0.15, 0.2) is 0 Å². The summed E-state index contributed by atoms with van der Waals surface area (Å²) < 4.78 is 5.60. The normalized spacial score (nSPS) is 23.7. The molecule has 1 aliphatic heterocycles. The lowest BCUT2D eigenvalue weighted by atomic mass is 10.1. The smallest absolute Gasteiger partial charge is 0.131 e. The fourth-order valence-electron chi connectivity index (χ4n) is 2.30. The Balaban J connectivity index is 2.12. The van der Waals surface area contributed by atoms with E-state index in [2.05, 4.69) is 36.1 Å². The van der Waals surface area contributed by atoms with Crippen LogP contribution in [0, 0.1) is 0 Å². The number of hydrogen-bond acceptors (Lipinski definition) is 4. The van der Waals surface area contributed by atoms with Crippen LogP contribution in [-0.4, -0.2) is 37.3 Å². The predicted molar refractivity (Wildman–Crippen MR) is 70.6 cm³/mol. The van der Waals surface area contributed by atoms with Crippen LogP contribution < -0.4 is 10.2 Å². The Bertz CT molecular complexity index is 369. The van der Waals surface area contributed by atoms with Crippen molar-refractivity contribution in [3.05, 3.63) is 18.2 Å². The second-order valence-corrected chi connectivity index (χ2v) is 4.45. The number of nitrogens with zero attached hydrogens (tertiary/aromatic N) is 2. The minimum atomic E-state index is 0.282. The maximum absolute atomic E-state index is 5.60. The number of likely N-dealkylation sites (N-methyl/N-ethyl adjacent to an activating group) is 1. The summed E-state index contributed by atoms with van der Waals surface area (Å²) in [7, 11) is 2.09. The van der Waals surface area contributed by atoms with Gasteiger partial charge >= 0.3 is 0 Å². The molecule has 1 aliphatic rings. The first-order valence-corrected chi connectivity index (χ1v) is 6.27. The van der Waals surface area contributed by atoms with Crippen molar-refractivity contribution in [3.8, 4) is 0 Å². The van der Waals surface area contributed by atoms with Crippen molar-refractivity contribution in [2.75, 3.05) is 30.4 Å². The van der Waals surface area contributed by atoms with Gasteiger partial charge in [0.05, 0.1) is 12.1 Å². The fourth-order valence-corrected chi connectivity index (χ4v) is 2.30. The van der Waals surface area contributed by atoms with Crippen molar-refractivity contribution in [3.63, 3.8) is 0 Å². The largest absolute Gasteiger partial charge is 0.376 e. The molecule has 2 atom stereocenters. The minimum Gasteiger partial charge on any atom is -0.376 e. The molecule has 0 bridgehead atoms. The third-order valence-electron chi connectivity index (χ3n) is 3.29. The Kier molecular flexibility index (Phi) is 3.84. The van der Waals surface area contributed by atoms with Crippen molar-refractivity contribution in [2.45, 2.75) is 32.4 Å². The molecule has 1 aromatic heterocycles. The Morgan fingerprint density at radius 3 is 3.00 bits per heavy atom. The average molecular weight is 235 g/mol. The zero-order valence-corrected chi connectivity index (χ0v) is 10.8. The van der Waals surface area contributed by atoms with Crippen LogP contribution in [0.3, 0.4) is 0 Å². The van der Waals surface area contributed by atoms with E-state index in [9.17, 15) is 0 Å². The summed E-state index contributed by atoms with van der Waals surface area (Å²) in [4.78, 5) is 6.82. The highest BCUT2D eigenvalue weighted by Crippen LogP contribution is 2.23. The van der Waals surface area contributed by atoms with Crippen LogP contribution >= 0.6 is 0 Å². The molecule has 2 rings (SSSR count). The highest BCUT2D eigenvalue weighted by molar-refractivity contribution is 5.47. The van der Waals surface area contributed by atoms with Gasteiger partial charge in [0, 0.05) is 20.2 Å². The molecule has 1 saturated heterocycles. The number of hydrogen-bond donors (Lipinski definition) is 1. The second-order valence-electron chi connectivity index (χ2n) is 4.45. The van der Waals surface area contributed by atoms with E-state index in [0.717, 1.165) is 31.2 Å². The van der Waals surface area contributed by atoms with E-state index in [0.29, 0.717) is 6.04 Å². The highest BCUT2D eigenvalue weighted by atomic mass is 16.5. The summed E-state index contributed by atoms with van der Waals surface area (Å²) >= 11 is 0. The SMILES string of the molecule is CCNc1cccc(N(C)C2CCOC2C)n1. The minimum absolute atomic E-state index is 0.282. The van der Waals surface area contributed by atoms with Crippen LogP contribution in [-0.2, 0) is 4.74 Å². The Morgan fingerprint density at radius 2 is 2.35 bits per heavy atom. The summed E-state index contributed by atoms with van der Waals surface area (Å²) in [5.41, 5.74) is 0. The van der Waals surface area contributed by atoms with Crippen LogP contribution in [0.1, 0.15) is 20.3 Å². The summed E-state index contributed by atoms with van der Waals surface area (Å²) in [6, 6.07) is 6.51. The summed E-state index contributed by atoms with van der Waals surface area (Å²) in [6.07, 6.45) is 1.36. The van der Waals surface area contributed by atoms with Gasteiger partial charge in [-0.05, 0) is 32.4 Å². The number of aromatic nitrogens is 1. The Labute approximate surface area is 103 Å². The maximum Gasteiger partial charge on any atom is 0.131 e. The molecule has 0 aromatic carbocycles. The molecule has 2 heterocycles. The van der Waals surface area contributed by atoms with E-state index >= 15 is 0 Å². The third-order valence-corrected chi connectivity index (χ3v) is 3.29. The van der Waals surface area contributed by atoms with Gasteiger partial charge < -0.3 is 15.0 Å². The van der Waals surface area contributed by atoms with E-state index in [1.807, 2.05) is 18.2 Å². The van der Waals surface area contributed by atoms with Crippen molar-refractivity contribution in [1.82, 2.24) is 4.98 Å². The van der Waals surface area contributed by atoms with Crippen LogP contribution in [0.5, 0.6) is 0 Å². The lowest BCUT2D eigenvalue weighted by molar-refractivity contribution is 0.118. The standard InChI is InChI=1S/C13H21N3O/c1-4-14-12-6-5-7-13(15-12)16(3)11-8-9-17-10(11)2/h5-7,10-11H,4,8-9H2,1-3H3,(H,14,15). The van der Waals surface area contributed by atoms with Crippen molar-refractivity contribution in [2.24, 2.45) is 0 Å². The highest BCUT2D eigenvalue weighted by Gasteiger charge is 2.28. The molecule has 0 aliphatic carbocycles. The zero-order chi connectivity index (χ0) is 12.3. The van der Waals surface area contributed by atoms with Gasteiger partial charge in [0.1, 0.15) is 11.6 Å². The van der Waals surface area contributed by atoms with E-state index in [1.165, 1.54) is 0 Å². The number of ether oxygens (including phenoxy) is 1. The molecular formula is C13H21N3O. The average Bonchev–Trinajstić information content (AvgIpc) is 2.75. The lowest BCUT2D eigenvalue weighted by Gasteiger charge is -2.28. The van der Waals surface area contributed by atoms with Gasteiger partial charge in [0.25, 0.3) is 0 Å². The van der Waals surface area contributed by atoms with Gasteiger partial charge in [-0.3, -0.25) is 0 Å². The number of rotatable bonds is 4. The molecular weight excluding hydrogens is 214 g/mol. The summed E-state index contributed by atoms with van der Waals surface area (Å²) in [6.45, 7) is 5.94. The van der Waals surface area contributed by atoms with E-state index in [-0.39, 0.29) is 6.10 Å². The molecule has 1 N–H and O–H groups in total. The summed E-state index contributed by atoms with van der Waals surface area (Å²) in [5, 5.41) is 3.24. The monoisotopic (exact) mass is 235 g/mol. The maximum atomic E-state index is 5.60. The van der Waals surface area contributed by atoms with E-state index in [1.54, 1.807) is 0 Å². The zero-order valence-electron chi connectivity index (χ0n) is 10.8. The molecule has 1 aromatic rings. The first kappa shape index (κ1) is 12.2. The quantitative estimate of drug-likeness (QED) is 0.867. The lowest BCUT2D eigenvalue weighted by Crippen LogP contribution is -2.37. The fraction of sp³-hybridized carbons (Fsp3) is 0.615. The first-order valence-electron chi connectivity index (χ1n) is 6.27.